The predicted octanol–water partition coefficient (Wildman–Crippen LogP) is 3.07. The number of nitriles is 1. The molecule has 2 aromatic rings. The Bertz CT molecular complexity index is 803. The monoisotopic (exact) mass is 320 g/mol. The molecule has 1 aliphatic heterocycles. The second-order valence-electron chi connectivity index (χ2n) is 4.81. The van der Waals surface area contributed by atoms with Crippen LogP contribution in [0.15, 0.2) is 16.9 Å². The SMILES string of the molecule is Cn1sc(Nc2c(Cl)ccc3c2CCCN3)c(C#N)c1=O. The molecular formula is C14H13ClN4OS. The molecule has 2 heterocycles. The van der Waals surface area contributed by atoms with E-state index < -0.39 is 0 Å². The van der Waals surface area contributed by atoms with E-state index in [1.807, 2.05) is 18.2 Å². The number of aromatic nitrogens is 1. The third kappa shape index (κ3) is 2.39. The fraction of sp³-hybridized carbons (Fsp3) is 0.286. The Morgan fingerprint density at radius 2 is 2.33 bits per heavy atom. The van der Waals surface area contributed by atoms with E-state index in [2.05, 4.69) is 10.6 Å². The fourth-order valence-electron chi connectivity index (χ4n) is 2.44. The van der Waals surface area contributed by atoms with Crippen molar-refractivity contribution in [2.75, 3.05) is 17.2 Å². The van der Waals surface area contributed by atoms with Gasteiger partial charge in [-0.3, -0.25) is 8.75 Å². The maximum atomic E-state index is 11.9. The lowest BCUT2D eigenvalue weighted by Gasteiger charge is -2.22. The lowest BCUT2D eigenvalue weighted by Crippen LogP contribution is -2.14. The number of nitrogens with one attached hydrogen (secondary N) is 2. The second-order valence-corrected chi connectivity index (χ2v) is 6.36. The summed E-state index contributed by atoms with van der Waals surface area (Å²) in [6.45, 7) is 0.941. The molecule has 0 saturated heterocycles. The van der Waals surface area contributed by atoms with Crippen LogP contribution in [0.5, 0.6) is 0 Å². The molecule has 21 heavy (non-hydrogen) atoms. The van der Waals surface area contributed by atoms with Gasteiger partial charge in [-0.15, -0.1) is 0 Å². The number of benzene rings is 1. The lowest BCUT2D eigenvalue weighted by atomic mass is 10.0. The lowest BCUT2D eigenvalue weighted by molar-refractivity contribution is 0.832. The van der Waals surface area contributed by atoms with E-state index in [1.54, 1.807) is 7.05 Å². The predicted molar refractivity (Wildman–Crippen MR) is 85.8 cm³/mol. The molecule has 2 N–H and O–H groups in total. The number of fused-ring (bicyclic) bond motifs is 1. The van der Waals surface area contributed by atoms with Crippen LogP contribution in [0.4, 0.5) is 16.4 Å². The summed E-state index contributed by atoms with van der Waals surface area (Å²) in [6, 6.07) is 5.74. The van der Waals surface area contributed by atoms with Gasteiger partial charge in [0.05, 0.1) is 10.7 Å². The molecule has 5 nitrogen and oxygen atoms in total. The van der Waals surface area contributed by atoms with E-state index in [4.69, 9.17) is 16.9 Å². The van der Waals surface area contributed by atoms with Crippen LogP contribution in [-0.2, 0) is 13.5 Å². The summed E-state index contributed by atoms with van der Waals surface area (Å²) < 4.78 is 1.43. The van der Waals surface area contributed by atoms with E-state index in [0.717, 1.165) is 36.3 Å². The maximum Gasteiger partial charge on any atom is 0.280 e. The summed E-state index contributed by atoms with van der Waals surface area (Å²) in [5.41, 5.74) is 2.76. The van der Waals surface area contributed by atoms with E-state index in [-0.39, 0.29) is 11.1 Å². The van der Waals surface area contributed by atoms with Gasteiger partial charge < -0.3 is 10.6 Å². The van der Waals surface area contributed by atoms with Crippen molar-refractivity contribution < 1.29 is 0 Å². The Balaban J connectivity index is 2.09. The molecular weight excluding hydrogens is 308 g/mol. The van der Waals surface area contributed by atoms with Crippen LogP contribution in [0.2, 0.25) is 5.02 Å². The summed E-state index contributed by atoms with van der Waals surface area (Å²) in [7, 11) is 1.64. The molecule has 0 amide bonds. The third-order valence-corrected chi connectivity index (χ3v) is 4.73. The highest BCUT2D eigenvalue weighted by Crippen LogP contribution is 2.37. The van der Waals surface area contributed by atoms with Crippen molar-refractivity contribution >= 4 is 39.5 Å². The van der Waals surface area contributed by atoms with Crippen LogP contribution in [-0.4, -0.2) is 10.5 Å². The van der Waals surface area contributed by atoms with Crippen molar-refractivity contribution in [1.82, 2.24) is 3.96 Å². The average molecular weight is 321 g/mol. The van der Waals surface area contributed by atoms with Crippen molar-refractivity contribution in [2.45, 2.75) is 12.8 Å². The highest BCUT2D eigenvalue weighted by Gasteiger charge is 2.19. The molecule has 1 aliphatic rings. The first kappa shape index (κ1) is 14.0. The zero-order valence-corrected chi connectivity index (χ0v) is 12.9. The number of anilines is 3. The Labute approximate surface area is 130 Å². The number of hydrogen-bond acceptors (Lipinski definition) is 5. The van der Waals surface area contributed by atoms with Gasteiger partial charge in [0.1, 0.15) is 11.1 Å². The zero-order valence-electron chi connectivity index (χ0n) is 11.4. The van der Waals surface area contributed by atoms with Gasteiger partial charge in [-0.05, 0) is 36.5 Å². The minimum absolute atomic E-state index is 0.125. The van der Waals surface area contributed by atoms with Crippen LogP contribution in [0.1, 0.15) is 17.5 Å². The summed E-state index contributed by atoms with van der Waals surface area (Å²) >= 11 is 7.51. The van der Waals surface area contributed by atoms with Crippen molar-refractivity contribution in [3.05, 3.63) is 38.6 Å². The number of aryl methyl sites for hydroxylation is 1. The number of nitrogens with zero attached hydrogens (tertiary/aromatic N) is 2. The van der Waals surface area contributed by atoms with Gasteiger partial charge in [-0.1, -0.05) is 11.6 Å². The number of hydrogen-bond donors (Lipinski definition) is 2. The van der Waals surface area contributed by atoms with Crippen molar-refractivity contribution in [3.8, 4) is 6.07 Å². The van der Waals surface area contributed by atoms with Gasteiger partial charge in [0.15, 0.2) is 5.56 Å². The van der Waals surface area contributed by atoms with Crippen molar-refractivity contribution in [1.29, 1.82) is 5.26 Å². The van der Waals surface area contributed by atoms with Crippen LogP contribution >= 0.6 is 23.1 Å². The summed E-state index contributed by atoms with van der Waals surface area (Å²) in [5, 5.41) is 16.8. The maximum absolute atomic E-state index is 11.9. The highest BCUT2D eigenvalue weighted by molar-refractivity contribution is 7.11. The molecule has 108 valence electrons. The van der Waals surface area contributed by atoms with Gasteiger partial charge >= 0.3 is 0 Å². The molecule has 0 radical (unpaired) electrons. The minimum atomic E-state index is -0.288. The molecule has 0 spiro atoms. The topological polar surface area (TPSA) is 69.8 Å². The van der Waals surface area contributed by atoms with Crippen LogP contribution in [0, 0.1) is 11.3 Å². The second kappa shape index (κ2) is 5.43. The van der Waals surface area contributed by atoms with E-state index in [0.29, 0.717) is 10.0 Å². The Kier molecular flexibility index (Phi) is 3.62. The highest BCUT2D eigenvalue weighted by atomic mass is 35.5. The first-order chi connectivity index (χ1) is 10.1. The fourth-order valence-corrected chi connectivity index (χ4v) is 3.49. The van der Waals surface area contributed by atoms with E-state index in [1.165, 1.54) is 15.5 Å². The van der Waals surface area contributed by atoms with Crippen LogP contribution in [0.25, 0.3) is 0 Å². The molecule has 0 bridgehead atoms. The van der Waals surface area contributed by atoms with Gasteiger partial charge in [0.25, 0.3) is 5.56 Å². The molecule has 0 aliphatic carbocycles. The first-order valence-corrected chi connectivity index (χ1v) is 7.69. The number of halogens is 1. The smallest absolute Gasteiger partial charge is 0.280 e. The van der Waals surface area contributed by atoms with Crippen LogP contribution in [0.3, 0.4) is 0 Å². The van der Waals surface area contributed by atoms with E-state index >= 15 is 0 Å². The number of rotatable bonds is 2. The Morgan fingerprint density at radius 1 is 1.52 bits per heavy atom. The van der Waals surface area contributed by atoms with Crippen LogP contribution < -0.4 is 16.2 Å². The molecule has 3 rings (SSSR count). The zero-order chi connectivity index (χ0) is 15.0. The molecule has 0 atom stereocenters. The molecule has 1 aromatic heterocycles. The molecule has 7 heteroatoms. The minimum Gasteiger partial charge on any atom is -0.385 e. The van der Waals surface area contributed by atoms with E-state index in [9.17, 15) is 4.79 Å². The Hall–Kier alpha value is -1.97. The largest absolute Gasteiger partial charge is 0.385 e. The van der Waals surface area contributed by atoms with Gasteiger partial charge in [-0.25, -0.2) is 0 Å². The standard InChI is InChI=1S/C14H13ClN4OS/c1-19-14(20)9(7-16)13(21-19)18-12-8-3-2-6-17-11(8)5-4-10(12)15/h4-5,17-18H,2-3,6H2,1H3. The summed E-state index contributed by atoms with van der Waals surface area (Å²) in [6.07, 6.45) is 1.94. The first-order valence-electron chi connectivity index (χ1n) is 6.54. The van der Waals surface area contributed by atoms with Gasteiger partial charge in [-0.2, -0.15) is 5.26 Å². The molecule has 0 fully saturated rings. The van der Waals surface area contributed by atoms with Gasteiger partial charge in [0.2, 0.25) is 0 Å². The average Bonchev–Trinajstić information content (AvgIpc) is 2.76. The molecule has 0 saturated carbocycles. The Morgan fingerprint density at radius 3 is 3.10 bits per heavy atom. The molecule has 0 unspecified atom stereocenters. The third-order valence-electron chi connectivity index (χ3n) is 3.49. The molecule has 1 aromatic carbocycles. The quantitative estimate of drug-likeness (QED) is 0.892. The van der Waals surface area contributed by atoms with Crippen molar-refractivity contribution in [2.24, 2.45) is 7.05 Å². The normalized spacial score (nSPS) is 13.2. The summed E-state index contributed by atoms with van der Waals surface area (Å²) in [4.78, 5) is 11.9. The summed E-state index contributed by atoms with van der Waals surface area (Å²) in [5.74, 6) is 0. The van der Waals surface area contributed by atoms with Gasteiger partial charge in [0, 0.05) is 24.8 Å². The van der Waals surface area contributed by atoms with Crippen molar-refractivity contribution in [3.63, 3.8) is 0 Å².